The molecule has 4 aromatic rings. The lowest BCUT2D eigenvalue weighted by Crippen LogP contribution is -2.54. The summed E-state index contributed by atoms with van der Waals surface area (Å²) in [5.41, 5.74) is -0.653. The Morgan fingerprint density at radius 1 is 1.00 bits per heavy atom. The predicted octanol–water partition coefficient (Wildman–Crippen LogP) is 5.26. The molecule has 2 bridgehead atoms. The van der Waals surface area contributed by atoms with Gasteiger partial charge in [-0.05, 0) is 42.3 Å². The molecule has 3 aliphatic heterocycles. The molecular weight excluding hydrogens is 568 g/mol. The van der Waals surface area contributed by atoms with Gasteiger partial charge in [-0.2, -0.15) is 13.2 Å². The van der Waals surface area contributed by atoms with Crippen molar-refractivity contribution >= 4 is 11.7 Å². The first-order valence-electron chi connectivity index (χ1n) is 13.6. The van der Waals surface area contributed by atoms with Crippen molar-refractivity contribution in [2.45, 2.75) is 37.3 Å². The molecule has 220 valence electrons. The zero-order valence-corrected chi connectivity index (χ0v) is 22.6. The van der Waals surface area contributed by atoms with Crippen LogP contribution in [0.4, 0.5) is 23.4 Å². The van der Waals surface area contributed by atoms with Crippen LogP contribution in [0.25, 0.3) is 0 Å². The van der Waals surface area contributed by atoms with Crippen LogP contribution in [0.15, 0.2) is 83.8 Å². The fraction of sp³-hybridized carbons (Fsp3) is 0.258. The number of likely N-dealkylation sites (tertiary alicyclic amines) is 1. The Morgan fingerprint density at radius 3 is 2.58 bits per heavy atom. The Labute approximate surface area is 242 Å². The smallest absolute Gasteiger partial charge is 0.433 e. The van der Waals surface area contributed by atoms with Gasteiger partial charge in [-0.1, -0.05) is 24.3 Å². The summed E-state index contributed by atoms with van der Waals surface area (Å²) in [6.07, 6.45) is -2.95. The van der Waals surface area contributed by atoms with E-state index in [4.69, 9.17) is 9.47 Å². The van der Waals surface area contributed by atoms with E-state index in [0.29, 0.717) is 42.6 Å². The summed E-state index contributed by atoms with van der Waals surface area (Å²) >= 11 is 0. The highest BCUT2D eigenvalue weighted by Gasteiger charge is 2.59. The fourth-order valence-corrected chi connectivity index (χ4v) is 6.30. The van der Waals surface area contributed by atoms with Crippen LogP contribution >= 0.6 is 0 Å². The molecule has 0 radical (unpaired) electrons. The molecule has 43 heavy (non-hydrogen) atoms. The van der Waals surface area contributed by atoms with Gasteiger partial charge in [0.05, 0.1) is 18.1 Å². The van der Waals surface area contributed by atoms with Gasteiger partial charge < -0.3 is 19.3 Å². The second-order valence-corrected chi connectivity index (χ2v) is 11.0. The zero-order valence-electron chi connectivity index (χ0n) is 22.6. The van der Waals surface area contributed by atoms with Crippen molar-refractivity contribution in [3.8, 4) is 17.2 Å². The lowest BCUT2D eigenvalue weighted by molar-refractivity contribution is -0.141. The average Bonchev–Trinajstić information content (AvgIpc) is 3.64. The molecule has 2 aromatic heterocycles. The van der Waals surface area contributed by atoms with Gasteiger partial charge in [-0.3, -0.25) is 19.1 Å². The monoisotopic (exact) mass is 592 g/mol. The van der Waals surface area contributed by atoms with Gasteiger partial charge in [0.2, 0.25) is 0 Å². The fourth-order valence-electron chi connectivity index (χ4n) is 6.30. The minimum absolute atomic E-state index is 0.00932. The van der Waals surface area contributed by atoms with Crippen molar-refractivity contribution in [1.82, 2.24) is 14.5 Å². The maximum Gasteiger partial charge on any atom is 0.433 e. The number of ether oxygens (including phenoxy) is 2. The SMILES string of the molecule is O=C(c1ccccc1)N1C[C@]23C[C@H]1CN2c1cc(OCc2ccc(Oc4ccnc(C(F)(F)F)c4)c(F)c2)cc(=O)n1C3. The predicted molar refractivity (Wildman–Crippen MR) is 147 cm³/mol. The van der Waals surface area contributed by atoms with Crippen LogP contribution in [-0.2, 0) is 19.3 Å². The molecular formula is C31H24F4N4O4. The number of pyridine rings is 2. The van der Waals surface area contributed by atoms with Gasteiger partial charge >= 0.3 is 6.18 Å². The maximum absolute atomic E-state index is 14.8. The van der Waals surface area contributed by atoms with Crippen molar-refractivity contribution in [2.24, 2.45) is 0 Å². The first kappa shape index (κ1) is 27.0. The summed E-state index contributed by atoms with van der Waals surface area (Å²) in [5.74, 6) is -0.208. The van der Waals surface area contributed by atoms with E-state index in [0.717, 1.165) is 24.5 Å². The van der Waals surface area contributed by atoms with Crippen molar-refractivity contribution in [3.63, 3.8) is 0 Å². The van der Waals surface area contributed by atoms with Crippen molar-refractivity contribution < 1.29 is 31.8 Å². The quantitative estimate of drug-likeness (QED) is 0.285. The number of hydrogen-bond acceptors (Lipinski definition) is 6. The number of alkyl halides is 3. The molecule has 2 atom stereocenters. The summed E-state index contributed by atoms with van der Waals surface area (Å²) < 4.78 is 66.4. The summed E-state index contributed by atoms with van der Waals surface area (Å²) in [5, 5.41) is 0. The largest absolute Gasteiger partial charge is 0.489 e. The highest BCUT2D eigenvalue weighted by Crippen LogP contribution is 2.48. The van der Waals surface area contributed by atoms with E-state index in [2.05, 4.69) is 9.88 Å². The molecule has 5 heterocycles. The van der Waals surface area contributed by atoms with E-state index in [1.807, 2.05) is 35.2 Å². The van der Waals surface area contributed by atoms with Gasteiger partial charge in [-0.15, -0.1) is 0 Å². The summed E-state index contributed by atoms with van der Waals surface area (Å²) in [6.45, 7) is 1.55. The van der Waals surface area contributed by atoms with Crippen molar-refractivity contribution in [1.29, 1.82) is 0 Å². The molecule has 0 unspecified atom stereocenters. The van der Waals surface area contributed by atoms with Crippen LogP contribution in [0.1, 0.15) is 28.0 Å². The number of carbonyl (C=O) groups excluding carboxylic acids is 1. The van der Waals surface area contributed by atoms with E-state index in [9.17, 15) is 27.2 Å². The standard InChI is InChI=1S/C31H24F4N4O4/c32-24-10-19(6-7-25(24)43-22-8-9-36-26(11-22)31(33,34)35)16-42-23-12-27-38(28(40)13-23)18-30-14-21(15-39(27)30)37(17-30)29(41)20-4-2-1-3-5-20/h1-13,21H,14-18H2/t21-,30-/m0/s1. The lowest BCUT2D eigenvalue weighted by atomic mass is 10.0. The molecule has 0 saturated carbocycles. The van der Waals surface area contributed by atoms with Gasteiger partial charge in [0.1, 0.15) is 29.6 Å². The van der Waals surface area contributed by atoms with Crippen LogP contribution < -0.4 is 19.9 Å². The molecule has 1 spiro atoms. The molecule has 12 heteroatoms. The first-order valence-corrected chi connectivity index (χ1v) is 13.6. The highest BCUT2D eigenvalue weighted by atomic mass is 19.4. The maximum atomic E-state index is 14.8. The number of nitrogens with zero attached hydrogens (tertiary/aromatic N) is 4. The van der Waals surface area contributed by atoms with Crippen LogP contribution in [0, 0.1) is 5.82 Å². The van der Waals surface area contributed by atoms with E-state index in [-0.39, 0.29) is 41.2 Å². The van der Waals surface area contributed by atoms with Crippen LogP contribution in [0.2, 0.25) is 0 Å². The highest BCUT2D eigenvalue weighted by molar-refractivity contribution is 5.95. The zero-order chi connectivity index (χ0) is 29.9. The molecule has 7 rings (SSSR count). The van der Waals surface area contributed by atoms with Crippen molar-refractivity contribution in [3.05, 3.63) is 112 Å². The Hall–Kier alpha value is -4.87. The second-order valence-electron chi connectivity index (χ2n) is 11.0. The molecule has 2 aromatic carbocycles. The number of carbonyl (C=O) groups is 1. The number of benzene rings is 2. The minimum atomic E-state index is -4.66. The Balaban J connectivity index is 1.03. The molecule has 0 aliphatic carbocycles. The lowest BCUT2D eigenvalue weighted by Gasteiger charge is -2.38. The first-order chi connectivity index (χ1) is 20.6. The topological polar surface area (TPSA) is 76.9 Å². The molecule has 2 saturated heterocycles. The third-order valence-corrected chi connectivity index (χ3v) is 8.23. The Kier molecular flexibility index (Phi) is 6.19. The Morgan fingerprint density at radius 2 is 1.81 bits per heavy atom. The van der Waals surface area contributed by atoms with Crippen LogP contribution in [-0.4, -0.2) is 45.0 Å². The number of halogens is 4. The van der Waals surface area contributed by atoms with Crippen LogP contribution in [0.3, 0.4) is 0 Å². The molecule has 0 N–H and O–H groups in total. The van der Waals surface area contributed by atoms with Gasteiger partial charge in [-0.25, -0.2) is 4.39 Å². The van der Waals surface area contributed by atoms with Crippen molar-refractivity contribution in [2.75, 3.05) is 18.0 Å². The van der Waals surface area contributed by atoms with Gasteiger partial charge in [0.15, 0.2) is 11.6 Å². The molecule has 3 aliphatic rings. The minimum Gasteiger partial charge on any atom is -0.489 e. The van der Waals surface area contributed by atoms with Gasteiger partial charge in [0.25, 0.3) is 11.5 Å². The molecule has 2 fully saturated rings. The summed E-state index contributed by atoms with van der Waals surface area (Å²) in [4.78, 5) is 33.6. The number of rotatable bonds is 6. The number of amides is 1. The number of fused-ring (bicyclic) bond motifs is 3. The van der Waals surface area contributed by atoms with E-state index < -0.39 is 17.7 Å². The summed E-state index contributed by atoms with van der Waals surface area (Å²) in [7, 11) is 0. The second kappa shape index (κ2) is 9.85. The normalized spacial score (nSPS) is 20.2. The number of aromatic nitrogens is 2. The van der Waals surface area contributed by atoms with Crippen LogP contribution in [0.5, 0.6) is 17.2 Å². The third kappa shape index (κ3) is 4.76. The van der Waals surface area contributed by atoms with E-state index >= 15 is 0 Å². The molecule has 1 amide bonds. The average molecular weight is 593 g/mol. The number of hydrogen-bond donors (Lipinski definition) is 0. The Bertz CT molecular complexity index is 1800. The van der Waals surface area contributed by atoms with Gasteiger partial charge in [0, 0.05) is 43.0 Å². The van der Waals surface area contributed by atoms with E-state index in [1.165, 1.54) is 24.3 Å². The summed E-state index contributed by atoms with van der Waals surface area (Å²) in [6, 6.07) is 18.3. The third-order valence-electron chi connectivity index (χ3n) is 8.23. The van der Waals surface area contributed by atoms with E-state index in [1.54, 1.807) is 10.6 Å². The molecule has 8 nitrogen and oxygen atoms in total. The number of anilines is 1. The number of piperazine rings is 1.